The number of carbonyl (C=O) groups excluding carboxylic acids is 4. The molecule has 0 spiro atoms. The fourth-order valence-corrected chi connectivity index (χ4v) is 7.31. The molecule has 1 aromatic carbocycles. The number of oxime groups is 1. The number of nitrogens with one attached hydrogen (secondary N) is 3. The van der Waals surface area contributed by atoms with Gasteiger partial charge in [-0.25, -0.2) is 14.5 Å². The molecule has 5 N–H and O–H groups in total. The molecular formula is C24H21ClN10O8S3. The third-order valence-corrected chi connectivity index (χ3v) is 9.67. The second-order valence-electron chi connectivity index (χ2n) is 9.22. The number of aryl methyl sites for hydroxylation is 1. The summed E-state index contributed by atoms with van der Waals surface area (Å²) in [6.07, 6.45) is 0.387. The number of halogens is 1. The maximum Gasteiger partial charge on any atom is 0.352 e. The minimum absolute atomic E-state index is 0.0207. The highest BCUT2D eigenvalue weighted by Gasteiger charge is 2.54. The first-order chi connectivity index (χ1) is 22.1. The summed E-state index contributed by atoms with van der Waals surface area (Å²) in [6.45, 7) is -0.696. The molecule has 0 aliphatic carbocycles. The van der Waals surface area contributed by atoms with Gasteiger partial charge in [0.05, 0.1) is 5.69 Å². The number of thioether (sulfide) groups is 2. The number of aromatic hydroxyl groups is 1. The summed E-state index contributed by atoms with van der Waals surface area (Å²) in [7, 11) is 1.64. The van der Waals surface area contributed by atoms with Crippen LogP contribution in [0.3, 0.4) is 0 Å². The standard InChI is InChI=1S/C24H21ClN10O8S3/c1-34-24(30-32-33-34)46-7-10-6-44-21-17(20(40)35(21)18(10)22(41)42)29-19(39)16(13-8-45-23(28-13)26-9-36)31-43-5-15(38)27-12-4-11(25)2-3-14(12)37/h2-4,8-9,17,21,37H,5-7H2,1H3,(H,27,38)(H,29,39)(H,41,42)(H,26,28,36)/t17?,21-/m1/s1. The van der Waals surface area contributed by atoms with Crippen molar-refractivity contribution in [3.05, 3.63) is 45.6 Å². The molecule has 5 rings (SSSR count). The number of hydrogen-bond acceptors (Lipinski definition) is 15. The number of carboxylic acids is 1. The van der Waals surface area contributed by atoms with Gasteiger partial charge in [-0.3, -0.25) is 24.1 Å². The first-order valence-electron chi connectivity index (χ1n) is 12.8. The van der Waals surface area contributed by atoms with E-state index in [0.29, 0.717) is 17.1 Å². The van der Waals surface area contributed by atoms with Crippen molar-refractivity contribution in [3.8, 4) is 5.75 Å². The normalized spacial score (nSPS) is 17.6. The highest BCUT2D eigenvalue weighted by Crippen LogP contribution is 2.41. The number of amides is 4. The molecule has 46 heavy (non-hydrogen) atoms. The fourth-order valence-electron chi connectivity index (χ4n) is 4.15. The Morgan fingerprint density at radius 3 is 2.85 bits per heavy atom. The van der Waals surface area contributed by atoms with Crippen molar-refractivity contribution < 1.29 is 39.0 Å². The Kier molecular flexibility index (Phi) is 10.0. The van der Waals surface area contributed by atoms with Crippen LogP contribution in [0.5, 0.6) is 5.75 Å². The van der Waals surface area contributed by atoms with Crippen LogP contribution in [0.4, 0.5) is 10.8 Å². The van der Waals surface area contributed by atoms with E-state index in [4.69, 9.17) is 16.4 Å². The highest BCUT2D eigenvalue weighted by atomic mass is 35.5. The molecule has 0 bridgehead atoms. The van der Waals surface area contributed by atoms with Crippen LogP contribution in [0, 0.1) is 0 Å². The van der Waals surface area contributed by atoms with E-state index in [0.717, 1.165) is 16.2 Å². The lowest BCUT2D eigenvalue weighted by Crippen LogP contribution is -2.71. The molecule has 1 unspecified atom stereocenters. The molecule has 2 atom stereocenters. The predicted octanol–water partition coefficient (Wildman–Crippen LogP) is 0.484. The van der Waals surface area contributed by atoms with Crippen LogP contribution in [0.1, 0.15) is 5.69 Å². The van der Waals surface area contributed by atoms with Gasteiger partial charge in [-0.1, -0.05) is 28.5 Å². The lowest BCUT2D eigenvalue weighted by molar-refractivity contribution is -0.150. The molecule has 240 valence electrons. The number of anilines is 2. The van der Waals surface area contributed by atoms with Crippen LogP contribution in [0.25, 0.3) is 0 Å². The second-order valence-corrected chi connectivity index (χ2v) is 12.6. The summed E-state index contributed by atoms with van der Waals surface area (Å²) in [5.74, 6) is -3.38. The topological polar surface area (TPSA) is 243 Å². The zero-order valence-corrected chi connectivity index (χ0v) is 26.4. The largest absolute Gasteiger partial charge is 0.506 e. The van der Waals surface area contributed by atoms with Crippen molar-refractivity contribution in [2.24, 2.45) is 12.2 Å². The van der Waals surface area contributed by atoms with Crippen LogP contribution in [-0.2, 0) is 35.9 Å². The molecular weight excluding hydrogens is 688 g/mol. The van der Waals surface area contributed by atoms with E-state index < -0.39 is 47.4 Å². The van der Waals surface area contributed by atoms with Crippen molar-refractivity contribution in [1.29, 1.82) is 0 Å². The van der Waals surface area contributed by atoms with Gasteiger partial charge in [0.25, 0.3) is 17.7 Å². The molecule has 4 heterocycles. The average Bonchev–Trinajstić information content (AvgIpc) is 3.66. The van der Waals surface area contributed by atoms with E-state index >= 15 is 0 Å². The number of aliphatic carboxylic acids is 1. The van der Waals surface area contributed by atoms with Crippen molar-refractivity contribution in [2.45, 2.75) is 16.6 Å². The minimum atomic E-state index is -1.30. The van der Waals surface area contributed by atoms with E-state index in [1.165, 1.54) is 51.8 Å². The smallest absolute Gasteiger partial charge is 0.352 e. The predicted molar refractivity (Wildman–Crippen MR) is 165 cm³/mol. The first-order valence-corrected chi connectivity index (χ1v) is 16.1. The summed E-state index contributed by atoms with van der Waals surface area (Å²) in [5, 5.41) is 43.6. The van der Waals surface area contributed by atoms with E-state index in [-0.39, 0.29) is 44.5 Å². The van der Waals surface area contributed by atoms with Crippen LogP contribution in [0.2, 0.25) is 5.02 Å². The molecule has 3 aromatic rings. The van der Waals surface area contributed by atoms with Gasteiger partial charge in [0.15, 0.2) is 17.5 Å². The Bertz CT molecular complexity index is 1780. The molecule has 4 amide bonds. The summed E-state index contributed by atoms with van der Waals surface area (Å²) in [4.78, 5) is 72.4. The zero-order valence-electron chi connectivity index (χ0n) is 23.2. The van der Waals surface area contributed by atoms with Crippen LogP contribution in [0.15, 0.2) is 45.2 Å². The van der Waals surface area contributed by atoms with E-state index in [1.807, 2.05) is 0 Å². The molecule has 1 fully saturated rings. The molecule has 2 aromatic heterocycles. The van der Waals surface area contributed by atoms with Gasteiger partial charge < -0.3 is 31.0 Å². The summed E-state index contributed by atoms with van der Waals surface area (Å²) in [5.41, 5.74) is -0.141. The van der Waals surface area contributed by atoms with Gasteiger partial charge in [-0.05, 0) is 34.2 Å². The number of aromatic nitrogens is 5. The number of phenolic OH excluding ortho intramolecular Hbond substituents is 1. The summed E-state index contributed by atoms with van der Waals surface area (Å²) < 4.78 is 1.44. The maximum atomic E-state index is 13.4. The molecule has 2 aliphatic rings. The zero-order chi connectivity index (χ0) is 33.0. The van der Waals surface area contributed by atoms with Crippen LogP contribution in [-0.4, -0.2) is 106 Å². The van der Waals surface area contributed by atoms with E-state index in [1.54, 1.807) is 7.05 Å². The highest BCUT2D eigenvalue weighted by molar-refractivity contribution is 8.01. The number of fused-ring (bicyclic) bond motifs is 1. The van der Waals surface area contributed by atoms with E-state index in [9.17, 15) is 34.2 Å². The number of phenols is 1. The van der Waals surface area contributed by atoms with Crippen molar-refractivity contribution in [3.63, 3.8) is 0 Å². The monoisotopic (exact) mass is 708 g/mol. The quantitative estimate of drug-likeness (QED) is 0.0405. The van der Waals surface area contributed by atoms with Crippen molar-refractivity contribution in [1.82, 2.24) is 35.4 Å². The van der Waals surface area contributed by atoms with Gasteiger partial charge in [-0.2, -0.15) is 0 Å². The van der Waals surface area contributed by atoms with Crippen LogP contribution < -0.4 is 16.0 Å². The third-order valence-electron chi connectivity index (χ3n) is 6.22. The van der Waals surface area contributed by atoms with Crippen molar-refractivity contribution in [2.75, 3.05) is 28.7 Å². The molecule has 0 saturated carbocycles. The van der Waals surface area contributed by atoms with Gasteiger partial charge >= 0.3 is 5.97 Å². The van der Waals surface area contributed by atoms with Gasteiger partial charge in [0.1, 0.15) is 28.6 Å². The number of benzene rings is 1. The van der Waals surface area contributed by atoms with Crippen LogP contribution >= 0.6 is 46.5 Å². The lowest BCUT2D eigenvalue weighted by Gasteiger charge is -2.49. The number of hydrogen-bond donors (Lipinski definition) is 5. The lowest BCUT2D eigenvalue weighted by atomic mass is 10.0. The molecule has 18 nitrogen and oxygen atoms in total. The minimum Gasteiger partial charge on any atom is -0.506 e. The van der Waals surface area contributed by atoms with Crippen molar-refractivity contribution >= 4 is 93.1 Å². The number of rotatable bonds is 13. The van der Waals surface area contributed by atoms with Gasteiger partial charge in [0, 0.05) is 29.0 Å². The number of carbonyl (C=O) groups is 5. The number of nitrogens with zero attached hydrogens (tertiary/aromatic N) is 7. The van der Waals surface area contributed by atoms with Gasteiger partial charge in [0.2, 0.25) is 11.6 Å². The molecule has 1 saturated heterocycles. The number of tetrazole rings is 1. The maximum absolute atomic E-state index is 13.4. The number of thiazole rings is 1. The molecule has 22 heteroatoms. The summed E-state index contributed by atoms with van der Waals surface area (Å²) >= 11 is 9.34. The summed E-state index contributed by atoms with van der Waals surface area (Å²) in [6, 6.07) is 2.91. The number of β-lactam (4-membered cyclic amide) rings is 1. The average molecular weight is 709 g/mol. The second kappa shape index (κ2) is 14.1. The Labute approximate surface area is 275 Å². The van der Waals surface area contributed by atoms with E-state index in [2.05, 4.69) is 41.6 Å². The number of carboxylic acid groups (broad SMARTS) is 1. The fraction of sp³-hybridized carbons (Fsp3) is 0.250. The SMILES string of the molecule is Cn1nnnc1SCC1=C(C(=O)O)N2C(=O)C(NC(=O)C(=NOCC(=O)Nc3cc(Cl)ccc3O)c3csc(NC=O)n3)[C@H]2SC1. The molecule has 2 aliphatic heterocycles. The Morgan fingerprint density at radius 1 is 1.33 bits per heavy atom. The Morgan fingerprint density at radius 2 is 2.13 bits per heavy atom. The first kappa shape index (κ1) is 32.7. The Balaban J connectivity index is 1.29. The Hall–Kier alpha value is -4.73. The third kappa shape index (κ3) is 7.06. The molecule has 0 radical (unpaired) electrons. The van der Waals surface area contributed by atoms with Gasteiger partial charge in [-0.15, -0.1) is 28.2 Å².